The minimum absolute atomic E-state index is 0.159. The van der Waals surface area contributed by atoms with E-state index < -0.39 is 0 Å². The van der Waals surface area contributed by atoms with E-state index in [4.69, 9.17) is 0 Å². The normalized spacial score (nSPS) is 15.8. The Morgan fingerprint density at radius 2 is 1.83 bits per heavy atom. The number of carbonyl (C=O) groups excluding carboxylic acids is 1. The molecule has 1 heterocycles. The highest BCUT2D eigenvalue weighted by Gasteiger charge is 2.26. The van der Waals surface area contributed by atoms with Crippen molar-refractivity contribution in [3.8, 4) is 0 Å². The van der Waals surface area contributed by atoms with Gasteiger partial charge in [0.05, 0.1) is 0 Å². The number of benzene rings is 2. The number of hydrogen-bond donors (Lipinski definition) is 2. The minimum Gasteiger partial charge on any atom is -0.361 e. The van der Waals surface area contributed by atoms with Gasteiger partial charge in [-0.2, -0.15) is 0 Å². The summed E-state index contributed by atoms with van der Waals surface area (Å²) in [7, 11) is 0. The van der Waals surface area contributed by atoms with E-state index in [0.29, 0.717) is 6.54 Å². The zero-order valence-electron chi connectivity index (χ0n) is 13.7. The average Bonchev–Trinajstić information content (AvgIpc) is 2.99. The first-order valence-electron chi connectivity index (χ1n) is 8.71. The molecule has 1 aliphatic rings. The maximum absolute atomic E-state index is 12.3. The highest BCUT2D eigenvalue weighted by molar-refractivity contribution is 5.84. The summed E-state index contributed by atoms with van der Waals surface area (Å²) >= 11 is 0. The van der Waals surface area contributed by atoms with Gasteiger partial charge >= 0.3 is 0 Å². The Bertz CT molecular complexity index is 833. The Labute approximate surface area is 142 Å². The molecule has 1 atom stereocenters. The topological polar surface area (TPSA) is 44.9 Å². The van der Waals surface area contributed by atoms with Crippen molar-refractivity contribution in [2.75, 3.05) is 6.54 Å². The van der Waals surface area contributed by atoms with E-state index in [9.17, 15) is 4.79 Å². The van der Waals surface area contributed by atoms with E-state index in [0.717, 1.165) is 18.4 Å². The van der Waals surface area contributed by atoms with Crippen LogP contribution in [0.1, 0.15) is 36.3 Å². The number of carbonyl (C=O) groups is 1. The Morgan fingerprint density at radius 3 is 2.58 bits per heavy atom. The van der Waals surface area contributed by atoms with Crippen LogP contribution < -0.4 is 5.32 Å². The predicted molar refractivity (Wildman–Crippen MR) is 96.9 cm³/mol. The molecule has 0 spiro atoms. The molecule has 4 rings (SSSR count). The van der Waals surface area contributed by atoms with Crippen molar-refractivity contribution >= 4 is 16.8 Å². The maximum Gasteiger partial charge on any atom is 0.223 e. The van der Waals surface area contributed by atoms with E-state index in [1.54, 1.807) is 0 Å². The second-order valence-electron chi connectivity index (χ2n) is 6.63. The molecule has 0 radical (unpaired) electrons. The maximum atomic E-state index is 12.3. The summed E-state index contributed by atoms with van der Waals surface area (Å²) in [6, 6.07) is 18.8. The lowest BCUT2D eigenvalue weighted by Crippen LogP contribution is -2.36. The molecule has 0 bridgehead atoms. The molecule has 3 nitrogen and oxygen atoms in total. The molecule has 1 saturated carbocycles. The summed E-state index contributed by atoms with van der Waals surface area (Å²) in [5.41, 5.74) is 3.61. The molecule has 2 aromatic carbocycles. The molecule has 122 valence electrons. The lowest BCUT2D eigenvalue weighted by molar-refractivity contribution is -0.127. The Kier molecular flexibility index (Phi) is 4.08. The number of aromatic nitrogens is 1. The largest absolute Gasteiger partial charge is 0.361 e. The zero-order chi connectivity index (χ0) is 16.4. The highest BCUT2D eigenvalue weighted by Crippen LogP contribution is 2.31. The third-order valence-electron chi connectivity index (χ3n) is 5.15. The second kappa shape index (κ2) is 6.52. The van der Waals surface area contributed by atoms with Crippen LogP contribution in [0.25, 0.3) is 10.9 Å². The van der Waals surface area contributed by atoms with Gasteiger partial charge in [0.1, 0.15) is 0 Å². The van der Waals surface area contributed by atoms with Crippen molar-refractivity contribution in [3.05, 3.63) is 71.9 Å². The molecule has 0 saturated heterocycles. The van der Waals surface area contributed by atoms with Crippen LogP contribution in [0, 0.1) is 5.92 Å². The average molecular weight is 318 g/mol. The van der Waals surface area contributed by atoms with Crippen molar-refractivity contribution in [2.24, 2.45) is 5.92 Å². The smallest absolute Gasteiger partial charge is 0.223 e. The van der Waals surface area contributed by atoms with Gasteiger partial charge in [0.15, 0.2) is 0 Å². The molecule has 24 heavy (non-hydrogen) atoms. The zero-order valence-corrected chi connectivity index (χ0v) is 13.7. The van der Waals surface area contributed by atoms with Crippen molar-refractivity contribution in [2.45, 2.75) is 25.2 Å². The lowest BCUT2D eigenvalue weighted by Gasteiger charge is -2.26. The Morgan fingerprint density at radius 1 is 1.08 bits per heavy atom. The quantitative estimate of drug-likeness (QED) is 0.727. The van der Waals surface area contributed by atoms with Crippen molar-refractivity contribution in [3.63, 3.8) is 0 Å². The molecule has 0 aliphatic heterocycles. The molecule has 1 amide bonds. The molecule has 1 aromatic heterocycles. The lowest BCUT2D eigenvalue weighted by atomic mass is 9.84. The van der Waals surface area contributed by atoms with Crippen LogP contribution in [0.5, 0.6) is 0 Å². The van der Waals surface area contributed by atoms with Gasteiger partial charge in [-0.25, -0.2) is 0 Å². The van der Waals surface area contributed by atoms with E-state index in [2.05, 4.69) is 59.0 Å². The summed E-state index contributed by atoms with van der Waals surface area (Å²) in [5, 5.41) is 4.41. The Balaban J connectivity index is 1.64. The van der Waals surface area contributed by atoms with Gasteiger partial charge in [-0.1, -0.05) is 55.0 Å². The molecule has 1 unspecified atom stereocenters. The van der Waals surface area contributed by atoms with Gasteiger partial charge in [-0.15, -0.1) is 0 Å². The van der Waals surface area contributed by atoms with Gasteiger partial charge in [-0.3, -0.25) is 4.79 Å². The molecule has 1 aliphatic carbocycles. The number of fused-ring (bicyclic) bond motifs is 1. The summed E-state index contributed by atoms with van der Waals surface area (Å²) in [5.74, 6) is 0.595. The van der Waals surface area contributed by atoms with Crippen LogP contribution in [0.2, 0.25) is 0 Å². The monoisotopic (exact) mass is 318 g/mol. The number of nitrogens with one attached hydrogen (secondary N) is 2. The van der Waals surface area contributed by atoms with E-state index in [-0.39, 0.29) is 17.7 Å². The molecule has 1 fully saturated rings. The summed E-state index contributed by atoms with van der Waals surface area (Å²) in [6.07, 6.45) is 5.34. The first-order chi connectivity index (χ1) is 11.8. The fourth-order valence-corrected chi connectivity index (χ4v) is 3.49. The van der Waals surface area contributed by atoms with Crippen LogP contribution in [0.3, 0.4) is 0 Å². The van der Waals surface area contributed by atoms with Crippen molar-refractivity contribution < 1.29 is 4.79 Å². The van der Waals surface area contributed by atoms with Crippen molar-refractivity contribution in [1.82, 2.24) is 10.3 Å². The number of rotatable bonds is 5. The predicted octanol–water partition coefficient (Wildman–Crippen LogP) is 4.22. The van der Waals surface area contributed by atoms with Gasteiger partial charge in [0, 0.05) is 35.5 Å². The number of hydrogen-bond acceptors (Lipinski definition) is 1. The van der Waals surface area contributed by atoms with Gasteiger partial charge in [0.25, 0.3) is 0 Å². The third kappa shape index (κ3) is 2.82. The molecule has 3 aromatic rings. The first kappa shape index (κ1) is 15.0. The molecular formula is C21H22N2O. The highest BCUT2D eigenvalue weighted by atomic mass is 16.1. The molecule has 3 heteroatoms. The number of amides is 1. The molecule has 2 N–H and O–H groups in total. The minimum atomic E-state index is 0.159. The van der Waals surface area contributed by atoms with Crippen LogP contribution in [-0.4, -0.2) is 17.4 Å². The SMILES string of the molecule is O=C(NCC(c1ccccc1)c1c[nH]c2ccccc12)C1CCC1. The van der Waals surface area contributed by atoms with E-state index in [1.807, 2.05) is 12.1 Å². The van der Waals surface area contributed by atoms with E-state index in [1.165, 1.54) is 22.9 Å². The first-order valence-corrected chi connectivity index (χ1v) is 8.71. The fourth-order valence-electron chi connectivity index (χ4n) is 3.49. The number of aromatic amines is 1. The number of para-hydroxylation sites is 1. The molecular weight excluding hydrogens is 296 g/mol. The third-order valence-corrected chi connectivity index (χ3v) is 5.15. The van der Waals surface area contributed by atoms with Crippen LogP contribution in [0.4, 0.5) is 0 Å². The summed E-state index contributed by atoms with van der Waals surface area (Å²) in [4.78, 5) is 15.6. The Hall–Kier alpha value is -2.55. The summed E-state index contributed by atoms with van der Waals surface area (Å²) < 4.78 is 0. The number of H-pyrrole nitrogens is 1. The van der Waals surface area contributed by atoms with Gasteiger partial charge in [0.2, 0.25) is 5.91 Å². The van der Waals surface area contributed by atoms with E-state index >= 15 is 0 Å². The second-order valence-corrected chi connectivity index (χ2v) is 6.63. The fraction of sp³-hybridized carbons (Fsp3) is 0.286. The van der Waals surface area contributed by atoms with Crippen LogP contribution in [-0.2, 0) is 4.79 Å². The van der Waals surface area contributed by atoms with Gasteiger partial charge < -0.3 is 10.3 Å². The van der Waals surface area contributed by atoms with Crippen LogP contribution in [0.15, 0.2) is 60.8 Å². The summed E-state index contributed by atoms with van der Waals surface area (Å²) in [6.45, 7) is 0.640. The van der Waals surface area contributed by atoms with Crippen molar-refractivity contribution in [1.29, 1.82) is 0 Å². The standard InChI is InChI=1S/C21H22N2O/c24-21(16-9-6-10-16)23-13-18(15-7-2-1-3-8-15)19-14-22-20-12-5-4-11-17(19)20/h1-5,7-8,11-12,14,16,18,22H,6,9-10,13H2,(H,23,24). The van der Waals surface area contributed by atoms with Gasteiger partial charge in [-0.05, 0) is 30.0 Å². The van der Waals surface area contributed by atoms with Crippen LogP contribution >= 0.6 is 0 Å².